The lowest BCUT2D eigenvalue weighted by Gasteiger charge is -2.29. The largest absolute Gasteiger partial charge is 0.459 e. The number of halogens is 3. The third-order valence-electron chi connectivity index (χ3n) is 6.99. The summed E-state index contributed by atoms with van der Waals surface area (Å²) in [5.41, 5.74) is 1.62. The van der Waals surface area contributed by atoms with Gasteiger partial charge >= 0.3 is 5.97 Å². The van der Waals surface area contributed by atoms with E-state index in [0.717, 1.165) is 50.5 Å². The van der Waals surface area contributed by atoms with Crippen molar-refractivity contribution < 1.29 is 22.7 Å². The molecule has 0 amide bonds. The van der Waals surface area contributed by atoms with Gasteiger partial charge in [-0.2, -0.15) is 0 Å². The summed E-state index contributed by atoms with van der Waals surface area (Å²) in [6.45, 7) is 1.74. The minimum Gasteiger partial charge on any atom is -0.459 e. The Morgan fingerprint density at radius 1 is 0.839 bits per heavy atom. The van der Waals surface area contributed by atoms with Crippen LogP contribution in [0, 0.1) is 24.4 Å². The number of aryl methyl sites for hydroxylation is 1. The number of hydrogen-bond acceptors (Lipinski definition) is 2. The molecule has 0 bridgehead atoms. The molecule has 0 atom stereocenters. The molecule has 31 heavy (non-hydrogen) atoms. The smallest absolute Gasteiger partial charge is 0.341 e. The molecule has 0 heterocycles. The quantitative estimate of drug-likeness (QED) is 0.474. The SMILES string of the molecule is Cc1ccc(C2CCC(OC(=O)c3ccc(C4CCCCC4)c(F)c3F)CC2)cc1F. The number of carbonyl (C=O) groups excluding carboxylic acids is 1. The molecule has 0 N–H and O–H groups in total. The molecule has 0 saturated heterocycles. The Labute approximate surface area is 181 Å². The third kappa shape index (κ3) is 4.81. The Hall–Kier alpha value is -2.30. The molecule has 0 unspecified atom stereocenters. The number of ether oxygens (including phenoxy) is 1. The van der Waals surface area contributed by atoms with Crippen LogP contribution in [0.4, 0.5) is 13.2 Å². The molecule has 5 heteroatoms. The molecule has 2 aromatic rings. The van der Waals surface area contributed by atoms with E-state index in [-0.39, 0.29) is 29.3 Å². The average molecular weight is 431 g/mol. The van der Waals surface area contributed by atoms with E-state index in [1.165, 1.54) is 6.07 Å². The Bertz CT molecular complexity index is 942. The van der Waals surface area contributed by atoms with Gasteiger partial charge in [0.25, 0.3) is 0 Å². The van der Waals surface area contributed by atoms with E-state index in [2.05, 4.69) is 0 Å². The van der Waals surface area contributed by atoms with Gasteiger partial charge in [0.2, 0.25) is 0 Å². The number of esters is 1. The van der Waals surface area contributed by atoms with Crippen LogP contribution >= 0.6 is 0 Å². The lowest BCUT2D eigenvalue weighted by molar-refractivity contribution is 0.0189. The molecule has 0 radical (unpaired) electrons. The van der Waals surface area contributed by atoms with Crippen molar-refractivity contribution in [3.8, 4) is 0 Å². The van der Waals surface area contributed by atoms with Gasteiger partial charge in [0.1, 0.15) is 11.9 Å². The van der Waals surface area contributed by atoms with Crippen LogP contribution in [-0.4, -0.2) is 12.1 Å². The summed E-state index contributed by atoms with van der Waals surface area (Å²) >= 11 is 0. The standard InChI is InChI=1S/C26H29F3O2/c1-16-7-8-19(15-23(16)27)17-9-11-20(12-10-17)31-26(30)22-14-13-21(24(28)25(22)29)18-5-3-2-4-6-18/h7-8,13-15,17-18,20H,2-6,9-12H2,1H3. The van der Waals surface area contributed by atoms with Crippen LogP contribution in [0.1, 0.15) is 96.7 Å². The van der Waals surface area contributed by atoms with Crippen LogP contribution in [0.15, 0.2) is 30.3 Å². The molecule has 2 aliphatic carbocycles. The number of rotatable bonds is 4. The van der Waals surface area contributed by atoms with Gasteiger partial charge < -0.3 is 4.74 Å². The summed E-state index contributed by atoms with van der Waals surface area (Å²) in [6.07, 6.45) is 7.32. The molecule has 2 aliphatic rings. The summed E-state index contributed by atoms with van der Waals surface area (Å²) in [6, 6.07) is 8.23. The number of hydrogen-bond donors (Lipinski definition) is 0. The predicted molar refractivity (Wildman–Crippen MR) is 114 cm³/mol. The van der Waals surface area contributed by atoms with Crippen molar-refractivity contribution in [1.82, 2.24) is 0 Å². The molecule has 2 saturated carbocycles. The first-order valence-corrected chi connectivity index (χ1v) is 11.4. The summed E-state index contributed by atoms with van der Waals surface area (Å²) in [5.74, 6) is -2.79. The van der Waals surface area contributed by atoms with Gasteiger partial charge in [0, 0.05) is 0 Å². The lowest BCUT2D eigenvalue weighted by Crippen LogP contribution is -2.24. The zero-order valence-electron chi connectivity index (χ0n) is 17.9. The fraction of sp³-hybridized carbons (Fsp3) is 0.500. The monoisotopic (exact) mass is 430 g/mol. The second-order valence-corrected chi connectivity index (χ2v) is 9.05. The van der Waals surface area contributed by atoms with Crippen LogP contribution in [-0.2, 0) is 4.74 Å². The van der Waals surface area contributed by atoms with Gasteiger partial charge in [-0.25, -0.2) is 18.0 Å². The van der Waals surface area contributed by atoms with E-state index >= 15 is 0 Å². The normalized spacial score (nSPS) is 22.3. The van der Waals surface area contributed by atoms with Crippen LogP contribution in [0.25, 0.3) is 0 Å². The molecule has 2 fully saturated rings. The van der Waals surface area contributed by atoms with E-state index in [1.807, 2.05) is 6.07 Å². The van der Waals surface area contributed by atoms with E-state index < -0.39 is 17.6 Å². The molecule has 2 aromatic carbocycles. The van der Waals surface area contributed by atoms with Crippen molar-refractivity contribution >= 4 is 5.97 Å². The summed E-state index contributed by atoms with van der Waals surface area (Å²) in [4.78, 5) is 12.5. The molecule has 4 rings (SSSR count). The number of benzene rings is 2. The highest BCUT2D eigenvalue weighted by Gasteiger charge is 2.29. The molecular formula is C26H29F3O2. The van der Waals surface area contributed by atoms with Crippen LogP contribution < -0.4 is 0 Å². The van der Waals surface area contributed by atoms with Crippen molar-refractivity contribution in [2.24, 2.45) is 0 Å². The Balaban J connectivity index is 1.37. The Kier molecular flexibility index (Phi) is 6.68. The van der Waals surface area contributed by atoms with Crippen molar-refractivity contribution in [1.29, 1.82) is 0 Å². The molecule has 166 valence electrons. The fourth-order valence-electron chi connectivity index (χ4n) is 5.04. The van der Waals surface area contributed by atoms with Gasteiger partial charge in [0.05, 0.1) is 5.56 Å². The minimum atomic E-state index is -1.10. The lowest BCUT2D eigenvalue weighted by atomic mass is 9.82. The molecule has 0 aliphatic heterocycles. The van der Waals surface area contributed by atoms with Crippen molar-refractivity contribution in [2.75, 3.05) is 0 Å². The molecule has 2 nitrogen and oxygen atoms in total. The first kappa shape index (κ1) is 21.9. The van der Waals surface area contributed by atoms with Gasteiger partial charge in [-0.1, -0.05) is 37.5 Å². The zero-order valence-corrected chi connectivity index (χ0v) is 17.9. The summed E-state index contributed by atoms with van der Waals surface area (Å²) in [7, 11) is 0. The molecular weight excluding hydrogens is 401 g/mol. The van der Waals surface area contributed by atoms with E-state index in [9.17, 15) is 18.0 Å². The zero-order chi connectivity index (χ0) is 22.0. The summed E-state index contributed by atoms with van der Waals surface area (Å²) in [5, 5.41) is 0. The van der Waals surface area contributed by atoms with Crippen molar-refractivity contribution in [3.63, 3.8) is 0 Å². The second kappa shape index (κ2) is 9.46. The van der Waals surface area contributed by atoms with Gasteiger partial charge in [-0.15, -0.1) is 0 Å². The van der Waals surface area contributed by atoms with Gasteiger partial charge in [-0.05, 0) is 86.1 Å². The van der Waals surface area contributed by atoms with Crippen molar-refractivity contribution in [2.45, 2.75) is 82.7 Å². The highest BCUT2D eigenvalue weighted by atomic mass is 19.2. The maximum atomic E-state index is 14.7. The average Bonchev–Trinajstić information content (AvgIpc) is 2.78. The van der Waals surface area contributed by atoms with Crippen LogP contribution in [0.3, 0.4) is 0 Å². The maximum Gasteiger partial charge on any atom is 0.341 e. The Morgan fingerprint density at radius 3 is 2.23 bits per heavy atom. The second-order valence-electron chi connectivity index (χ2n) is 9.05. The first-order valence-electron chi connectivity index (χ1n) is 11.4. The topological polar surface area (TPSA) is 26.3 Å². The van der Waals surface area contributed by atoms with E-state index in [0.29, 0.717) is 24.0 Å². The van der Waals surface area contributed by atoms with Crippen LogP contribution in [0.2, 0.25) is 0 Å². The fourth-order valence-corrected chi connectivity index (χ4v) is 5.04. The summed E-state index contributed by atoms with van der Waals surface area (Å²) < 4.78 is 48.7. The van der Waals surface area contributed by atoms with Gasteiger partial charge in [0.15, 0.2) is 11.6 Å². The highest BCUT2D eigenvalue weighted by molar-refractivity contribution is 5.90. The Morgan fingerprint density at radius 2 is 1.55 bits per heavy atom. The molecule has 0 aromatic heterocycles. The number of carbonyl (C=O) groups is 1. The maximum absolute atomic E-state index is 14.7. The first-order chi connectivity index (χ1) is 14.9. The highest BCUT2D eigenvalue weighted by Crippen LogP contribution is 2.37. The predicted octanol–water partition coefficient (Wildman–Crippen LogP) is 7.34. The van der Waals surface area contributed by atoms with Crippen LogP contribution in [0.5, 0.6) is 0 Å². The minimum absolute atomic E-state index is 0.0233. The van der Waals surface area contributed by atoms with E-state index in [1.54, 1.807) is 25.1 Å². The molecule has 0 spiro atoms. The van der Waals surface area contributed by atoms with Gasteiger partial charge in [-0.3, -0.25) is 0 Å². The van der Waals surface area contributed by atoms with Crippen molar-refractivity contribution in [3.05, 3.63) is 70.0 Å². The third-order valence-corrected chi connectivity index (χ3v) is 6.99. The van der Waals surface area contributed by atoms with E-state index in [4.69, 9.17) is 4.74 Å².